The molecule has 3 aliphatic heterocycles. The first-order chi connectivity index (χ1) is 9.99. The molecule has 21 heavy (non-hydrogen) atoms. The van der Waals surface area contributed by atoms with Crippen molar-refractivity contribution < 1.29 is 14.2 Å². The number of carbonyl (C=O) groups excluding carboxylic acids is 2. The maximum atomic E-state index is 12.4. The highest BCUT2D eigenvalue weighted by Gasteiger charge is 2.50. The fourth-order valence-corrected chi connectivity index (χ4v) is 3.31. The molecule has 0 saturated carbocycles. The van der Waals surface area contributed by atoms with Crippen molar-refractivity contribution in [3.05, 3.63) is 0 Å². The molecule has 0 radical (unpaired) electrons. The largest absolute Gasteiger partial charge is 0.333 e. The molecule has 0 aromatic carbocycles. The number of piperidine rings is 1. The van der Waals surface area contributed by atoms with E-state index in [2.05, 4.69) is 16.8 Å². The summed E-state index contributed by atoms with van der Waals surface area (Å²) in [5.74, 6) is 1.03. The number of likely N-dealkylation sites (N-methyl/N-ethyl adjacent to an activating group) is 2. The Labute approximate surface area is 124 Å². The lowest BCUT2D eigenvalue weighted by Gasteiger charge is -2.33. The molecule has 3 rings (SSSR count). The van der Waals surface area contributed by atoms with Crippen LogP contribution < -0.4 is 0 Å². The van der Waals surface area contributed by atoms with Gasteiger partial charge in [0, 0.05) is 27.2 Å². The number of fused-ring (bicyclic) bond motifs is 1. The van der Waals surface area contributed by atoms with Gasteiger partial charge in [0.15, 0.2) is 0 Å². The third-order valence-electron chi connectivity index (χ3n) is 4.50. The first kappa shape index (κ1) is 14.2. The monoisotopic (exact) mass is 292 g/mol. The molecule has 7 nitrogen and oxygen atoms in total. The summed E-state index contributed by atoms with van der Waals surface area (Å²) in [6, 6.07) is -0.785. The van der Waals surface area contributed by atoms with Crippen LogP contribution in [-0.2, 0) is 4.79 Å². The second-order valence-corrected chi connectivity index (χ2v) is 6.22. The standard InChI is InChI=1S/C14H22N5O2/c1-10-5-4-6-18(7-10)9-19-8-15-12-11(19)13(20)17(3)14(21)16(12)2/h8,10-11H,4-7,9H2,1-3H3/q+1. The molecule has 7 heteroatoms. The topological polar surface area (TPSA) is 59.2 Å². The zero-order valence-electron chi connectivity index (χ0n) is 12.8. The van der Waals surface area contributed by atoms with Crippen molar-refractivity contribution >= 4 is 24.1 Å². The summed E-state index contributed by atoms with van der Waals surface area (Å²) in [4.78, 5) is 33.6. The van der Waals surface area contributed by atoms with E-state index in [1.807, 2.05) is 4.58 Å². The van der Waals surface area contributed by atoms with Crippen LogP contribution >= 0.6 is 0 Å². The highest BCUT2D eigenvalue weighted by molar-refractivity contribution is 6.21. The Hall–Kier alpha value is -1.76. The first-order valence-corrected chi connectivity index (χ1v) is 7.43. The maximum absolute atomic E-state index is 12.4. The number of hydrogen-bond acceptors (Lipinski definition) is 4. The summed E-state index contributed by atoms with van der Waals surface area (Å²) in [6.45, 7) is 5.04. The van der Waals surface area contributed by atoms with Gasteiger partial charge in [0.1, 0.15) is 6.67 Å². The zero-order valence-corrected chi connectivity index (χ0v) is 12.8. The predicted molar refractivity (Wildman–Crippen MR) is 78.3 cm³/mol. The molecular formula is C14H22N5O2+. The van der Waals surface area contributed by atoms with Crippen LogP contribution in [0.1, 0.15) is 19.8 Å². The van der Waals surface area contributed by atoms with Gasteiger partial charge in [0.25, 0.3) is 24.1 Å². The summed E-state index contributed by atoms with van der Waals surface area (Å²) in [7, 11) is 3.19. The average Bonchev–Trinajstić information content (AvgIpc) is 2.87. The fraction of sp³-hybridized carbons (Fsp3) is 0.714. The van der Waals surface area contributed by atoms with Crippen LogP contribution in [0.15, 0.2) is 4.99 Å². The molecule has 2 fully saturated rings. The minimum atomic E-state index is -0.463. The third-order valence-corrected chi connectivity index (χ3v) is 4.50. The van der Waals surface area contributed by atoms with E-state index in [0.717, 1.165) is 13.1 Å². The van der Waals surface area contributed by atoms with Gasteiger partial charge in [-0.1, -0.05) is 6.92 Å². The van der Waals surface area contributed by atoms with E-state index >= 15 is 0 Å². The molecule has 0 N–H and O–H groups in total. The Bertz CT molecular complexity index is 541. The van der Waals surface area contributed by atoms with Crippen molar-refractivity contribution in [3.63, 3.8) is 0 Å². The molecule has 0 spiro atoms. The lowest BCUT2D eigenvalue weighted by Crippen LogP contribution is -2.62. The molecule has 114 valence electrons. The van der Waals surface area contributed by atoms with Crippen LogP contribution in [0.4, 0.5) is 4.79 Å². The molecule has 3 heterocycles. The van der Waals surface area contributed by atoms with E-state index in [1.54, 1.807) is 13.4 Å². The predicted octanol–water partition coefficient (Wildman–Crippen LogP) is 0.0211. The van der Waals surface area contributed by atoms with E-state index in [-0.39, 0.29) is 11.9 Å². The van der Waals surface area contributed by atoms with E-state index < -0.39 is 6.04 Å². The summed E-state index contributed by atoms with van der Waals surface area (Å²) >= 11 is 0. The van der Waals surface area contributed by atoms with Gasteiger partial charge in [0.2, 0.25) is 0 Å². The molecule has 0 aromatic heterocycles. The van der Waals surface area contributed by atoms with E-state index in [1.165, 1.54) is 29.7 Å². The molecule has 0 bridgehead atoms. The molecule has 2 atom stereocenters. The first-order valence-electron chi connectivity index (χ1n) is 7.43. The van der Waals surface area contributed by atoms with Gasteiger partial charge in [-0.05, 0) is 23.8 Å². The molecule has 3 amide bonds. The van der Waals surface area contributed by atoms with Gasteiger partial charge >= 0.3 is 6.03 Å². The highest BCUT2D eigenvalue weighted by Crippen LogP contribution is 2.19. The van der Waals surface area contributed by atoms with E-state index in [4.69, 9.17) is 0 Å². The summed E-state index contributed by atoms with van der Waals surface area (Å²) in [5.41, 5.74) is 0. The maximum Gasteiger partial charge on any atom is 0.333 e. The van der Waals surface area contributed by atoms with Crippen LogP contribution in [0.2, 0.25) is 0 Å². The number of hydrogen-bond donors (Lipinski definition) is 0. The summed E-state index contributed by atoms with van der Waals surface area (Å²) in [5, 5.41) is 0. The third kappa shape index (κ3) is 2.35. The highest BCUT2D eigenvalue weighted by atomic mass is 16.2. The minimum Gasteiger partial charge on any atom is -0.269 e. The van der Waals surface area contributed by atoms with E-state index in [0.29, 0.717) is 18.4 Å². The number of nitrogens with zero attached hydrogens (tertiary/aromatic N) is 5. The molecule has 0 aromatic rings. The van der Waals surface area contributed by atoms with Gasteiger partial charge in [-0.3, -0.25) is 19.5 Å². The lowest BCUT2D eigenvalue weighted by atomic mass is 10.0. The number of carbonyl (C=O) groups is 2. The number of imide groups is 1. The van der Waals surface area contributed by atoms with Gasteiger partial charge in [0.05, 0.1) is 0 Å². The van der Waals surface area contributed by atoms with Crippen molar-refractivity contribution in [2.45, 2.75) is 25.8 Å². The molecular weight excluding hydrogens is 270 g/mol. The van der Waals surface area contributed by atoms with Crippen molar-refractivity contribution in [3.8, 4) is 0 Å². The Morgan fingerprint density at radius 1 is 1.33 bits per heavy atom. The number of rotatable bonds is 2. The Morgan fingerprint density at radius 3 is 2.81 bits per heavy atom. The fourth-order valence-electron chi connectivity index (χ4n) is 3.31. The second-order valence-electron chi connectivity index (χ2n) is 6.22. The van der Waals surface area contributed by atoms with Crippen molar-refractivity contribution in [2.75, 3.05) is 33.9 Å². The molecule has 2 unspecified atom stereocenters. The number of likely N-dealkylation sites (tertiary alicyclic amines) is 1. The van der Waals surface area contributed by atoms with Gasteiger partial charge in [-0.25, -0.2) is 9.37 Å². The van der Waals surface area contributed by atoms with Crippen LogP contribution in [0.25, 0.3) is 0 Å². The average molecular weight is 292 g/mol. The zero-order chi connectivity index (χ0) is 15.1. The van der Waals surface area contributed by atoms with Gasteiger partial charge in [-0.2, -0.15) is 0 Å². The normalized spacial score (nSPS) is 30.4. The molecule has 0 aliphatic carbocycles. The molecule has 3 aliphatic rings. The Kier molecular flexibility index (Phi) is 3.52. The van der Waals surface area contributed by atoms with Gasteiger partial charge < -0.3 is 0 Å². The summed E-state index contributed by atoms with van der Waals surface area (Å²) in [6.07, 6.45) is 4.16. The van der Waals surface area contributed by atoms with Gasteiger partial charge in [-0.15, -0.1) is 0 Å². The van der Waals surface area contributed by atoms with Crippen molar-refractivity contribution in [1.29, 1.82) is 0 Å². The van der Waals surface area contributed by atoms with Crippen LogP contribution in [0.3, 0.4) is 0 Å². The van der Waals surface area contributed by atoms with Crippen LogP contribution in [0, 0.1) is 5.92 Å². The number of urea groups is 1. The van der Waals surface area contributed by atoms with E-state index in [9.17, 15) is 9.59 Å². The number of amides is 3. The number of amidine groups is 1. The van der Waals surface area contributed by atoms with Crippen molar-refractivity contribution in [2.24, 2.45) is 10.9 Å². The van der Waals surface area contributed by atoms with Crippen LogP contribution in [0.5, 0.6) is 0 Å². The Balaban J connectivity index is 1.75. The molecule has 2 saturated heterocycles. The lowest BCUT2D eigenvalue weighted by molar-refractivity contribution is -0.552. The Morgan fingerprint density at radius 2 is 2.10 bits per heavy atom. The smallest absolute Gasteiger partial charge is 0.269 e. The second kappa shape index (κ2) is 5.22. The SMILES string of the molecule is CC1CCCN(C[N+]2=CN=C3C2C(=O)N(C)C(=O)N3C)C1. The summed E-state index contributed by atoms with van der Waals surface area (Å²) < 4.78 is 1.94. The minimum absolute atomic E-state index is 0.198. The van der Waals surface area contributed by atoms with Crippen molar-refractivity contribution in [1.82, 2.24) is 14.7 Å². The van der Waals surface area contributed by atoms with Crippen LogP contribution in [-0.4, -0.2) is 83.3 Å². The number of aliphatic imine (C=N–C) groups is 1. The quantitative estimate of drug-likeness (QED) is 0.674.